The SMILES string of the molecule is CCNC(c1ccc(OC(C)C)cc1)c1ccc(F)cn1. The van der Waals surface area contributed by atoms with E-state index in [1.165, 1.54) is 12.3 Å². The zero-order valence-corrected chi connectivity index (χ0v) is 12.6. The molecule has 0 amide bonds. The number of rotatable bonds is 6. The van der Waals surface area contributed by atoms with Crippen LogP contribution >= 0.6 is 0 Å². The number of halogens is 1. The Morgan fingerprint density at radius 2 is 1.86 bits per heavy atom. The molecule has 0 saturated heterocycles. The molecule has 0 fully saturated rings. The van der Waals surface area contributed by atoms with Gasteiger partial charge in [-0.05, 0) is 50.2 Å². The number of pyridine rings is 1. The fourth-order valence-corrected chi connectivity index (χ4v) is 2.17. The third-order valence-corrected chi connectivity index (χ3v) is 3.04. The lowest BCUT2D eigenvalue weighted by atomic mass is 10.0. The summed E-state index contributed by atoms with van der Waals surface area (Å²) in [6.45, 7) is 6.83. The normalized spacial score (nSPS) is 12.4. The van der Waals surface area contributed by atoms with Crippen LogP contribution in [0.1, 0.15) is 38.1 Å². The highest BCUT2D eigenvalue weighted by Gasteiger charge is 2.14. The third kappa shape index (κ3) is 4.26. The lowest BCUT2D eigenvalue weighted by Crippen LogP contribution is -2.23. The van der Waals surface area contributed by atoms with Crippen LogP contribution < -0.4 is 10.1 Å². The van der Waals surface area contributed by atoms with Gasteiger partial charge < -0.3 is 10.1 Å². The Kier molecular flexibility index (Phi) is 5.28. The number of hydrogen-bond donors (Lipinski definition) is 1. The number of aromatic nitrogens is 1. The number of nitrogens with zero attached hydrogens (tertiary/aromatic N) is 1. The van der Waals surface area contributed by atoms with Gasteiger partial charge in [-0.3, -0.25) is 4.98 Å². The average Bonchev–Trinajstić information content (AvgIpc) is 2.46. The standard InChI is InChI=1S/C17H21FN2O/c1-4-19-17(16-10-7-14(18)11-20-16)13-5-8-15(9-6-13)21-12(2)3/h5-12,17,19H,4H2,1-3H3. The number of nitrogens with one attached hydrogen (secondary N) is 1. The first kappa shape index (κ1) is 15.4. The Morgan fingerprint density at radius 3 is 2.38 bits per heavy atom. The van der Waals surface area contributed by atoms with Crippen molar-refractivity contribution in [2.45, 2.75) is 32.9 Å². The van der Waals surface area contributed by atoms with Crippen molar-refractivity contribution in [3.63, 3.8) is 0 Å². The summed E-state index contributed by atoms with van der Waals surface area (Å²) >= 11 is 0. The third-order valence-electron chi connectivity index (χ3n) is 3.04. The molecule has 2 aromatic rings. The molecule has 3 nitrogen and oxygen atoms in total. The fraction of sp³-hybridized carbons (Fsp3) is 0.353. The molecule has 0 bridgehead atoms. The van der Waals surface area contributed by atoms with Crippen molar-refractivity contribution < 1.29 is 9.13 Å². The van der Waals surface area contributed by atoms with Crippen molar-refractivity contribution in [1.29, 1.82) is 0 Å². The number of benzene rings is 1. The topological polar surface area (TPSA) is 34.1 Å². The van der Waals surface area contributed by atoms with Crippen LogP contribution in [0.5, 0.6) is 5.75 Å². The average molecular weight is 288 g/mol. The second kappa shape index (κ2) is 7.18. The molecule has 1 unspecified atom stereocenters. The van der Waals surface area contributed by atoms with Crippen molar-refractivity contribution in [3.05, 3.63) is 59.7 Å². The van der Waals surface area contributed by atoms with Crippen LogP contribution in [0.25, 0.3) is 0 Å². The van der Waals surface area contributed by atoms with Gasteiger partial charge in [0.05, 0.1) is 24.0 Å². The quantitative estimate of drug-likeness (QED) is 0.880. The first-order valence-corrected chi connectivity index (χ1v) is 7.21. The first-order chi connectivity index (χ1) is 10.1. The van der Waals surface area contributed by atoms with Crippen LogP contribution in [-0.4, -0.2) is 17.6 Å². The minimum atomic E-state index is -0.324. The van der Waals surface area contributed by atoms with Crippen molar-refractivity contribution in [3.8, 4) is 5.75 Å². The van der Waals surface area contributed by atoms with E-state index in [1.807, 2.05) is 45.0 Å². The van der Waals surface area contributed by atoms with Gasteiger partial charge in [-0.1, -0.05) is 19.1 Å². The van der Waals surface area contributed by atoms with Crippen LogP contribution in [0, 0.1) is 5.82 Å². The molecule has 0 aliphatic heterocycles. The molecule has 1 heterocycles. The van der Waals surface area contributed by atoms with Gasteiger partial charge in [-0.2, -0.15) is 0 Å². The van der Waals surface area contributed by atoms with E-state index in [2.05, 4.69) is 10.3 Å². The summed E-state index contributed by atoms with van der Waals surface area (Å²) in [6, 6.07) is 11.0. The van der Waals surface area contributed by atoms with Crippen molar-refractivity contribution in [2.24, 2.45) is 0 Å². The summed E-state index contributed by atoms with van der Waals surface area (Å²) in [5.74, 6) is 0.519. The monoisotopic (exact) mass is 288 g/mol. The highest BCUT2D eigenvalue weighted by molar-refractivity contribution is 5.33. The van der Waals surface area contributed by atoms with Gasteiger partial charge in [0, 0.05) is 0 Å². The molecule has 21 heavy (non-hydrogen) atoms. The summed E-state index contributed by atoms with van der Waals surface area (Å²) in [6.07, 6.45) is 1.40. The largest absolute Gasteiger partial charge is 0.491 e. The Bertz CT molecular complexity index is 552. The highest BCUT2D eigenvalue weighted by atomic mass is 19.1. The molecular weight excluding hydrogens is 267 g/mol. The summed E-state index contributed by atoms with van der Waals surface area (Å²) in [4.78, 5) is 4.18. The van der Waals surface area contributed by atoms with Crippen molar-refractivity contribution >= 4 is 0 Å². The number of hydrogen-bond acceptors (Lipinski definition) is 3. The summed E-state index contributed by atoms with van der Waals surface area (Å²) in [7, 11) is 0. The van der Waals surface area contributed by atoms with E-state index in [-0.39, 0.29) is 18.0 Å². The Morgan fingerprint density at radius 1 is 1.14 bits per heavy atom. The molecule has 0 aliphatic carbocycles. The highest BCUT2D eigenvalue weighted by Crippen LogP contribution is 2.23. The Labute approximate surface area is 125 Å². The lowest BCUT2D eigenvalue weighted by molar-refractivity contribution is 0.242. The van der Waals surface area contributed by atoms with E-state index >= 15 is 0 Å². The molecule has 0 saturated carbocycles. The molecular formula is C17H21FN2O. The van der Waals surface area contributed by atoms with Gasteiger partial charge in [0.2, 0.25) is 0 Å². The van der Waals surface area contributed by atoms with Gasteiger partial charge in [0.25, 0.3) is 0 Å². The molecule has 0 aliphatic rings. The predicted molar refractivity (Wildman–Crippen MR) is 81.9 cm³/mol. The summed E-state index contributed by atoms with van der Waals surface area (Å²) < 4.78 is 18.7. The lowest BCUT2D eigenvalue weighted by Gasteiger charge is -2.18. The zero-order chi connectivity index (χ0) is 15.2. The summed E-state index contributed by atoms with van der Waals surface area (Å²) in [5.41, 5.74) is 1.88. The second-order valence-corrected chi connectivity index (χ2v) is 5.13. The molecule has 1 aromatic heterocycles. The van der Waals surface area contributed by atoms with Crippen LogP contribution in [0.4, 0.5) is 4.39 Å². The zero-order valence-electron chi connectivity index (χ0n) is 12.6. The van der Waals surface area contributed by atoms with Gasteiger partial charge >= 0.3 is 0 Å². The van der Waals surface area contributed by atoms with E-state index in [4.69, 9.17) is 4.74 Å². The molecule has 1 atom stereocenters. The van der Waals surface area contributed by atoms with E-state index in [0.29, 0.717) is 0 Å². The maximum atomic E-state index is 13.0. The smallest absolute Gasteiger partial charge is 0.141 e. The molecule has 2 rings (SSSR count). The predicted octanol–water partition coefficient (Wildman–Crippen LogP) is 3.71. The van der Waals surface area contributed by atoms with Gasteiger partial charge in [0.15, 0.2) is 0 Å². The van der Waals surface area contributed by atoms with Gasteiger partial charge in [-0.25, -0.2) is 4.39 Å². The molecule has 0 radical (unpaired) electrons. The van der Waals surface area contributed by atoms with Crippen molar-refractivity contribution in [1.82, 2.24) is 10.3 Å². The number of ether oxygens (including phenoxy) is 1. The van der Waals surface area contributed by atoms with Crippen LogP contribution in [0.3, 0.4) is 0 Å². The van der Waals surface area contributed by atoms with Crippen LogP contribution in [-0.2, 0) is 0 Å². The molecule has 1 aromatic carbocycles. The van der Waals surface area contributed by atoms with E-state index < -0.39 is 0 Å². The minimum absolute atomic E-state index is 0.0521. The summed E-state index contributed by atoms with van der Waals surface area (Å²) in [5, 5.41) is 3.37. The minimum Gasteiger partial charge on any atom is -0.491 e. The Balaban J connectivity index is 2.23. The van der Waals surface area contributed by atoms with Crippen molar-refractivity contribution in [2.75, 3.05) is 6.54 Å². The molecule has 0 spiro atoms. The van der Waals surface area contributed by atoms with Gasteiger partial charge in [-0.15, -0.1) is 0 Å². The van der Waals surface area contributed by atoms with E-state index in [1.54, 1.807) is 6.07 Å². The second-order valence-electron chi connectivity index (χ2n) is 5.13. The molecule has 1 N–H and O–H groups in total. The van der Waals surface area contributed by atoms with E-state index in [9.17, 15) is 4.39 Å². The maximum absolute atomic E-state index is 13.0. The van der Waals surface area contributed by atoms with Crippen LogP contribution in [0.2, 0.25) is 0 Å². The van der Waals surface area contributed by atoms with E-state index in [0.717, 1.165) is 23.6 Å². The fourth-order valence-electron chi connectivity index (χ4n) is 2.17. The Hall–Kier alpha value is -1.94. The molecule has 112 valence electrons. The van der Waals surface area contributed by atoms with Crippen LogP contribution in [0.15, 0.2) is 42.6 Å². The molecule has 4 heteroatoms. The first-order valence-electron chi connectivity index (χ1n) is 7.21. The maximum Gasteiger partial charge on any atom is 0.141 e. The van der Waals surface area contributed by atoms with Gasteiger partial charge in [0.1, 0.15) is 11.6 Å².